The molecule has 1 aliphatic carbocycles. The first-order valence-corrected chi connectivity index (χ1v) is 6.99. The van der Waals surface area contributed by atoms with Gasteiger partial charge >= 0.3 is 0 Å². The number of nitrogens with zero attached hydrogens (tertiary/aromatic N) is 1. The molecule has 0 bridgehead atoms. The summed E-state index contributed by atoms with van der Waals surface area (Å²) in [5, 5.41) is 3.67. The van der Waals surface area contributed by atoms with Crippen LogP contribution in [0.5, 0.6) is 0 Å². The molecule has 2 atom stereocenters. The second-order valence-electron chi connectivity index (χ2n) is 5.65. The second kappa shape index (κ2) is 5.03. The van der Waals surface area contributed by atoms with Crippen molar-refractivity contribution in [1.82, 2.24) is 10.2 Å². The molecule has 3 fully saturated rings. The minimum Gasteiger partial charge on any atom is -0.377 e. The van der Waals surface area contributed by atoms with Crippen LogP contribution in [0.3, 0.4) is 0 Å². The van der Waals surface area contributed by atoms with Crippen LogP contribution in [0.2, 0.25) is 0 Å². The van der Waals surface area contributed by atoms with E-state index in [4.69, 9.17) is 4.74 Å². The number of piperazine rings is 1. The van der Waals surface area contributed by atoms with Crippen molar-refractivity contribution in [3.8, 4) is 0 Å². The summed E-state index contributed by atoms with van der Waals surface area (Å²) in [5.74, 6) is 0.982. The Hall–Kier alpha value is -0.120. The maximum Gasteiger partial charge on any atom is 0.0702 e. The molecule has 0 aromatic rings. The molecular formula is C13H24N2O. The van der Waals surface area contributed by atoms with Gasteiger partial charge in [-0.15, -0.1) is 0 Å². The first kappa shape index (κ1) is 11.0. The number of nitrogens with one attached hydrogen (secondary N) is 1. The summed E-state index contributed by atoms with van der Waals surface area (Å²) in [7, 11) is 0. The van der Waals surface area contributed by atoms with E-state index < -0.39 is 0 Å². The molecule has 0 spiro atoms. The predicted molar refractivity (Wildman–Crippen MR) is 64.5 cm³/mol. The fourth-order valence-corrected chi connectivity index (χ4v) is 3.06. The van der Waals surface area contributed by atoms with E-state index in [2.05, 4.69) is 10.2 Å². The molecule has 0 amide bonds. The average Bonchev–Trinajstić information content (AvgIpc) is 3.15. The lowest BCUT2D eigenvalue weighted by atomic mass is 10.1. The standard InChI is InChI=1S/C13H24N2O/c1-2-8-16-12(3-1)9-15-7-6-14-13(10-15)11-4-5-11/h11-14H,1-10H2. The number of ether oxygens (including phenoxy) is 1. The summed E-state index contributed by atoms with van der Waals surface area (Å²) in [6.07, 6.45) is 7.33. The fraction of sp³-hybridized carbons (Fsp3) is 1.00. The van der Waals surface area contributed by atoms with Crippen molar-refractivity contribution >= 4 is 0 Å². The van der Waals surface area contributed by atoms with E-state index in [1.165, 1.54) is 58.3 Å². The molecule has 16 heavy (non-hydrogen) atoms. The summed E-state index contributed by atoms with van der Waals surface area (Å²) in [6, 6.07) is 0.775. The molecule has 3 aliphatic rings. The highest BCUT2D eigenvalue weighted by atomic mass is 16.5. The largest absolute Gasteiger partial charge is 0.377 e. The third-order valence-electron chi connectivity index (χ3n) is 4.22. The Bertz CT molecular complexity index is 224. The number of rotatable bonds is 3. The first-order chi connectivity index (χ1) is 7.92. The zero-order valence-electron chi connectivity index (χ0n) is 10.2. The molecule has 3 heteroatoms. The highest BCUT2D eigenvalue weighted by Gasteiger charge is 2.34. The normalized spacial score (nSPS) is 37.5. The molecule has 92 valence electrons. The van der Waals surface area contributed by atoms with Gasteiger partial charge in [-0.3, -0.25) is 4.90 Å². The van der Waals surface area contributed by atoms with Gasteiger partial charge in [-0.05, 0) is 38.0 Å². The number of hydrogen-bond donors (Lipinski definition) is 1. The predicted octanol–water partition coefficient (Wildman–Crippen LogP) is 1.24. The second-order valence-corrected chi connectivity index (χ2v) is 5.65. The van der Waals surface area contributed by atoms with Crippen LogP contribution >= 0.6 is 0 Å². The molecule has 0 aromatic carbocycles. The summed E-state index contributed by atoms with van der Waals surface area (Å²) < 4.78 is 5.83. The van der Waals surface area contributed by atoms with Gasteiger partial charge in [0, 0.05) is 38.8 Å². The maximum absolute atomic E-state index is 5.83. The Kier molecular flexibility index (Phi) is 3.46. The molecule has 3 nitrogen and oxygen atoms in total. The summed E-state index contributed by atoms with van der Waals surface area (Å²) in [4.78, 5) is 2.62. The van der Waals surface area contributed by atoms with E-state index in [1.54, 1.807) is 0 Å². The highest BCUT2D eigenvalue weighted by Crippen LogP contribution is 2.33. The molecule has 1 saturated carbocycles. The molecule has 1 N–H and O–H groups in total. The van der Waals surface area contributed by atoms with Crippen molar-refractivity contribution in [3.63, 3.8) is 0 Å². The monoisotopic (exact) mass is 224 g/mol. The molecule has 0 aromatic heterocycles. The molecule has 2 aliphatic heterocycles. The third kappa shape index (κ3) is 2.76. The molecular weight excluding hydrogens is 200 g/mol. The molecule has 2 heterocycles. The van der Waals surface area contributed by atoms with Crippen LogP contribution in [0.1, 0.15) is 32.1 Å². The van der Waals surface area contributed by atoms with Gasteiger partial charge in [-0.25, -0.2) is 0 Å². The van der Waals surface area contributed by atoms with Gasteiger partial charge in [-0.1, -0.05) is 0 Å². The molecule has 2 unspecified atom stereocenters. The fourth-order valence-electron chi connectivity index (χ4n) is 3.06. The van der Waals surface area contributed by atoms with Crippen LogP contribution in [0.4, 0.5) is 0 Å². The quantitative estimate of drug-likeness (QED) is 0.780. The van der Waals surface area contributed by atoms with Crippen LogP contribution in [0.25, 0.3) is 0 Å². The first-order valence-electron chi connectivity index (χ1n) is 6.99. The molecule has 0 radical (unpaired) electrons. The van der Waals surface area contributed by atoms with E-state index >= 15 is 0 Å². The van der Waals surface area contributed by atoms with Crippen molar-refractivity contribution in [2.24, 2.45) is 5.92 Å². The average molecular weight is 224 g/mol. The third-order valence-corrected chi connectivity index (χ3v) is 4.22. The van der Waals surface area contributed by atoms with Crippen LogP contribution in [-0.4, -0.2) is 49.8 Å². The minimum atomic E-state index is 0.520. The summed E-state index contributed by atoms with van der Waals surface area (Å²) in [6.45, 7) is 5.80. The Balaban J connectivity index is 1.46. The maximum atomic E-state index is 5.83. The van der Waals surface area contributed by atoms with Gasteiger partial charge < -0.3 is 10.1 Å². The Morgan fingerprint density at radius 2 is 2.12 bits per heavy atom. The van der Waals surface area contributed by atoms with Crippen molar-refractivity contribution in [2.75, 3.05) is 32.8 Å². The lowest BCUT2D eigenvalue weighted by molar-refractivity contribution is -0.0107. The molecule has 2 saturated heterocycles. The lowest BCUT2D eigenvalue weighted by Crippen LogP contribution is -2.53. The smallest absolute Gasteiger partial charge is 0.0702 e. The van der Waals surface area contributed by atoms with E-state index in [0.29, 0.717) is 6.10 Å². The summed E-state index contributed by atoms with van der Waals surface area (Å²) in [5.41, 5.74) is 0. The van der Waals surface area contributed by atoms with Crippen molar-refractivity contribution in [3.05, 3.63) is 0 Å². The molecule has 3 rings (SSSR count). The lowest BCUT2D eigenvalue weighted by Gasteiger charge is -2.36. The number of hydrogen-bond acceptors (Lipinski definition) is 3. The van der Waals surface area contributed by atoms with Crippen LogP contribution in [0, 0.1) is 5.92 Å². The Morgan fingerprint density at radius 3 is 2.88 bits per heavy atom. The van der Waals surface area contributed by atoms with Gasteiger partial charge in [0.25, 0.3) is 0 Å². The van der Waals surface area contributed by atoms with Crippen LogP contribution in [0.15, 0.2) is 0 Å². The zero-order chi connectivity index (χ0) is 10.8. The van der Waals surface area contributed by atoms with E-state index in [-0.39, 0.29) is 0 Å². The van der Waals surface area contributed by atoms with E-state index in [9.17, 15) is 0 Å². The van der Waals surface area contributed by atoms with Gasteiger partial charge in [0.2, 0.25) is 0 Å². The topological polar surface area (TPSA) is 24.5 Å². The SMILES string of the molecule is C1CCC(CN2CCNC(C3CC3)C2)OC1. The zero-order valence-corrected chi connectivity index (χ0v) is 10.2. The van der Waals surface area contributed by atoms with Crippen LogP contribution < -0.4 is 5.32 Å². The highest BCUT2D eigenvalue weighted by molar-refractivity contribution is 4.91. The minimum absolute atomic E-state index is 0.520. The van der Waals surface area contributed by atoms with Crippen molar-refractivity contribution in [1.29, 1.82) is 0 Å². The van der Waals surface area contributed by atoms with E-state index in [0.717, 1.165) is 18.6 Å². The van der Waals surface area contributed by atoms with Crippen molar-refractivity contribution < 1.29 is 4.74 Å². The van der Waals surface area contributed by atoms with Crippen molar-refractivity contribution in [2.45, 2.75) is 44.2 Å². The Labute approximate surface area is 98.5 Å². The van der Waals surface area contributed by atoms with Crippen LogP contribution in [-0.2, 0) is 4.74 Å². The Morgan fingerprint density at radius 1 is 1.19 bits per heavy atom. The summed E-state index contributed by atoms with van der Waals surface area (Å²) >= 11 is 0. The van der Waals surface area contributed by atoms with Gasteiger partial charge in [0.15, 0.2) is 0 Å². The van der Waals surface area contributed by atoms with E-state index in [1.807, 2.05) is 0 Å². The van der Waals surface area contributed by atoms with Gasteiger partial charge in [0.05, 0.1) is 6.10 Å². The van der Waals surface area contributed by atoms with Gasteiger partial charge in [0.1, 0.15) is 0 Å². The van der Waals surface area contributed by atoms with Gasteiger partial charge in [-0.2, -0.15) is 0 Å².